The molecule has 17 heavy (non-hydrogen) atoms. The van der Waals surface area contributed by atoms with Crippen molar-refractivity contribution < 1.29 is 4.79 Å². The Morgan fingerprint density at radius 1 is 1.47 bits per heavy atom. The molecular weight excluding hydrogens is 304 g/mol. The smallest absolute Gasteiger partial charge is 0.227 e. The maximum absolute atomic E-state index is 12.0. The fraction of sp³-hybridized carbons (Fsp3) is 0.417. The van der Waals surface area contributed by atoms with Gasteiger partial charge in [-0.1, -0.05) is 27.5 Å². The highest BCUT2D eigenvalue weighted by molar-refractivity contribution is 9.10. The van der Waals surface area contributed by atoms with E-state index in [1.165, 1.54) is 0 Å². The van der Waals surface area contributed by atoms with Crippen molar-refractivity contribution >= 4 is 39.1 Å². The average molecular weight is 318 g/mol. The summed E-state index contributed by atoms with van der Waals surface area (Å²) in [6.07, 6.45) is 2.55. The van der Waals surface area contributed by atoms with E-state index in [0.29, 0.717) is 10.7 Å². The molecular formula is C12H14BrClN2O. The molecule has 0 radical (unpaired) electrons. The second kappa shape index (κ2) is 5.38. The summed E-state index contributed by atoms with van der Waals surface area (Å²) < 4.78 is 0.892. The zero-order valence-electron chi connectivity index (χ0n) is 9.25. The van der Waals surface area contributed by atoms with Crippen LogP contribution in [-0.4, -0.2) is 11.9 Å². The molecule has 1 aromatic rings. The summed E-state index contributed by atoms with van der Waals surface area (Å²) in [7, 11) is 0. The van der Waals surface area contributed by atoms with Crippen LogP contribution in [0.25, 0.3) is 0 Å². The largest absolute Gasteiger partial charge is 0.328 e. The number of carbonyl (C=O) groups excluding carboxylic acids is 1. The molecule has 1 aliphatic carbocycles. The fourth-order valence-electron chi connectivity index (χ4n) is 2.08. The molecule has 0 saturated heterocycles. The third-order valence-electron chi connectivity index (χ3n) is 3.03. The van der Waals surface area contributed by atoms with Crippen LogP contribution in [0.3, 0.4) is 0 Å². The van der Waals surface area contributed by atoms with Gasteiger partial charge in [-0.25, -0.2) is 0 Å². The number of nitrogens with two attached hydrogens (primary N) is 1. The summed E-state index contributed by atoms with van der Waals surface area (Å²) in [4.78, 5) is 12.0. The van der Waals surface area contributed by atoms with Crippen LogP contribution in [0.15, 0.2) is 22.7 Å². The van der Waals surface area contributed by atoms with Gasteiger partial charge in [0.25, 0.3) is 0 Å². The van der Waals surface area contributed by atoms with Gasteiger partial charge in [0.15, 0.2) is 0 Å². The number of carbonyl (C=O) groups is 1. The summed E-state index contributed by atoms with van der Waals surface area (Å²) in [5.74, 6) is 0.0342. The van der Waals surface area contributed by atoms with Gasteiger partial charge in [0.2, 0.25) is 5.91 Å². The second-order valence-electron chi connectivity index (χ2n) is 4.38. The first-order valence-corrected chi connectivity index (χ1v) is 6.75. The van der Waals surface area contributed by atoms with E-state index in [1.807, 2.05) is 6.07 Å². The Balaban J connectivity index is 2.03. The van der Waals surface area contributed by atoms with Crippen molar-refractivity contribution in [3.8, 4) is 0 Å². The minimum Gasteiger partial charge on any atom is -0.328 e. The average Bonchev–Trinajstić information content (AvgIpc) is 2.69. The molecule has 3 nitrogen and oxygen atoms in total. The monoisotopic (exact) mass is 316 g/mol. The Hall–Kier alpha value is -0.580. The van der Waals surface area contributed by atoms with Crippen molar-refractivity contribution in [3.05, 3.63) is 27.7 Å². The maximum atomic E-state index is 12.0. The topological polar surface area (TPSA) is 55.1 Å². The molecule has 3 N–H and O–H groups in total. The molecule has 0 heterocycles. The van der Waals surface area contributed by atoms with E-state index in [2.05, 4.69) is 21.2 Å². The van der Waals surface area contributed by atoms with Crippen molar-refractivity contribution in [2.45, 2.75) is 25.3 Å². The van der Waals surface area contributed by atoms with Gasteiger partial charge in [0.05, 0.1) is 10.7 Å². The van der Waals surface area contributed by atoms with E-state index in [0.717, 1.165) is 23.7 Å². The van der Waals surface area contributed by atoms with Crippen LogP contribution in [0.2, 0.25) is 5.02 Å². The molecule has 0 bridgehead atoms. The molecule has 2 rings (SSSR count). The molecule has 0 aromatic heterocycles. The number of amides is 1. The van der Waals surface area contributed by atoms with E-state index < -0.39 is 0 Å². The van der Waals surface area contributed by atoms with E-state index in [-0.39, 0.29) is 17.9 Å². The zero-order chi connectivity index (χ0) is 12.4. The van der Waals surface area contributed by atoms with E-state index >= 15 is 0 Å². The summed E-state index contributed by atoms with van der Waals surface area (Å²) in [6, 6.07) is 5.56. The molecule has 2 atom stereocenters. The molecule has 92 valence electrons. The molecule has 0 spiro atoms. The lowest BCUT2D eigenvalue weighted by Crippen LogP contribution is -2.23. The molecule has 1 aromatic carbocycles. The number of hydrogen-bond acceptors (Lipinski definition) is 2. The maximum Gasteiger partial charge on any atom is 0.227 e. The molecule has 2 unspecified atom stereocenters. The van der Waals surface area contributed by atoms with Gasteiger partial charge in [0.1, 0.15) is 0 Å². The van der Waals surface area contributed by atoms with Crippen molar-refractivity contribution in [3.63, 3.8) is 0 Å². The Morgan fingerprint density at radius 3 is 2.82 bits per heavy atom. The van der Waals surface area contributed by atoms with Crippen LogP contribution >= 0.6 is 27.5 Å². The molecule has 5 heteroatoms. The lowest BCUT2D eigenvalue weighted by Gasteiger charge is -2.12. The van der Waals surface area contributed by atoms with Crippen LogP contribution < -0.4 is 11.1 Å². The number of halogens is 2. The second-order valence-corrected chi connectivity index (χ2v) is 5.71. The SMILES string of the molecule is NC1CCC(C(=O)Nc2ccc(Br)cc2Cl)C1. The van der Waals surface area contributed by atoms with Crippen LogP contribution in [-0.2, 0) is 4.79 Å². The molecule has 1 amide bonds. The van der Waals surface area contributed by atoms with Crippen LogP contribution in [0.1, 0.15) is 19.3 Å². The predicted molar refractivity (Wildman–Crippen MR) is 73.1 cm³/mol. The number of nitrogens with one attached hydrogen (secondary N) is 1. The van der Waals surface area contributed by atoms with Crippen molar-refractivity contribution in [1.29, 1.82) is 0 Å². The Kier molecular flexibility index (Phi) is 4.07. The van der Waals surface area contributed by atoms with Crippen LogP contribution in [0.4, 0.5) is 5.69 Å². The lowest BCUT2D eigenvalue weighted by atomic mass is 10.1. The Labute approximate surface area is 114 Å². The van der Waals surface area contributed by atoms with Crippen molar-refractivity contribution in [2.24, 2.45) is 11.7 Å². The standard InChI is InChI=1S/C12H14BrClN2O/c13-8-2-4-11(10(14)6-8)16-12(17)7-1-3-9(15)5-7/h2,4,6-7,9H,1,3,5,15H2,(H,16,17). The van der Waals surface area contributed by atoms with Crippen LogP contribution in [0.5, 0.6) is 0 Å². The van der Waals surface area contributed by atoms with Gasteiger partial charge in [-0.3, -0.25) is 4.79 Å². The highest BCUT2D eigenvalue weighted by Crippen LogP contribution is 2.29. The van der Waals surface area contributed by atoms with Gasteiger partial charge in [-0.15, -0.1) is 0 Å². The normalized spacial score (nSPS) is 23.7. The first-order chi connectivity index (χ1) is 8.06. The zero-order valence-corrected chi connectivity index (χ0v) is 11.6. The highest BCUT2D eigenvalue weighted by Gasteiger charge is 2.27. The predicted octanol–water partition coefficient (Wildman–Crippen LogP) is 3.17. The lowest BCUT2D eigenvalue weighted by molar-refractivity contribution is -0.119. The number of benzene rings is 1. The summed E-state index contributed by atoms with van der Waals surface area (Å²) >= 11 is 9.36. The Bertz CT molecular complexity index is 439. The summed E-state index contributed by atoms with van der Waals surface area (Å²) in [5, 5.41) is 3.39. The minimum absolute atomic E-state index is 0.0159. The highest BCUT2D eigenvalue weighted by atomic mass is 79.9. The van der Waals surface area contributed by atoms with E-state index in [1.54, 1.807) is 12.1 Å². The van der Waals surface area contributed by atoms with Gasteiger partial charge >= 0.3 is 0 Å². The van der Waals surface area contributed by atoms with E-state index in [9.17, 15) is 4.79 Å². The summed E-state index contributed by atoms with van der Waals surface area (Å²) in [5.41, 5.74) is 6.45. The number of hydrogen-bond donors (Lipinski definition) is 2. The fourth-order valence-corrected chi connectivity index (χ4v) is 2.80. The summed E-state index contributed by atoms with van der Waals surface area (Å²) in [6.45, 7) is 0. The first-order valence-electron chi connectivity index (χ1n) is 5.58. The van der Waals surface area contributed by atoms with Crippen LogP contribution in [0, 0.1) is 5.92 Å². The number of rotatable bonds is 2. The third kappa shape index (κ3) is 3.21. The Morgan fingerprint density at radius 2 is 2.24 bits per heavy atom. The molecule has 0 aliphatic heterocycles. The van der Waals surface area contributed by atoms with Gasteiger partial charge in [-0.2, -0.15) is 0 Å². The van der Waals surface area contributed by atoms with Crippen molar-refractivity contribution in [1.82, 2.24) is 0 Å². The van der Waals surface area contributed by atoms with Gasteiger partial charge < -0.3 is 11.1 Å². The first kappa shape index (κ1) is 12.9. The third-order valence-corrected chi connectivity index (χ3v) is 3.84. The molecule has 1 aliphatic rings. The number of anilines is 1. The van der Waals surface area contributed by atoms with Crippen molar-refractivity contribution in [2.75, 3.05) is 5.32 Å². The molecule has 1 saturated carbocycles. The van der Waals surface area contributed by atoms with Gasteiger partial charge in [-0.05, 0) is 37.5 Å². The van der Waals surface area contributed by atoms with Gasteiger partial charge in [0, 0.05) is 16.4 Å². The molecule has 1 fully saturated rings. The quantitative estimate of drug-likeness (QED) is 0.880. The van der Waals surface area contributed by atoms with E-state index in [4.69, 9.17) is 17.3 Å². The minimum atomic E-state index is 0.0159.